The number of benzene rings is 2. The van der Waals surface area contributed by atoms with Gasteiger partial charge >= 0.3 is 11.6 Å². The molecule has 0 fully saturated rings. The van der Waals surface area contributed by atoms with Crippen LogP contribution >= 0.6 is 0 Å². The van der Waals surface area contributed by atoms with Crippen LogP contribution in [0.1, 0.15) is 13.8 Å². The van der Waals surface area contributed by atoms with E-state index in [9.17, 15) is 10.1 Å². The van der Waals surface area contributed by atoms with Crippen molar-refractivity contribution in [1.82, 2.24) is 9.97 Å². The smallest absolute Gasteiger partial charge is 0.373 e. The van der Waals surface area contributed by atoms with Gasteiger partial charge < -0.3 is 9.64 Å². The molecule has 0 saturated carbocycles. The highest BCUT2D eigenvalue weighted by Gasteiger charge is 2.27. The zero-order valence-corrected chi connectivity index (χ0v) is 14.0. The van der Waals surface area contributed by atoms with Crippen molar-refractivity contribution in [2.75, 3.05) is 18.0 Å². The Bertz CT molecular complexity index is 910. The number of fused-ring (bicyclic) bond motifs is 1. The van der Waals surface area contributed by atoms with Crippen LogP contribution in [-0.2, 0) is 0 Å². The molecule has 7 nitrogen and oxygen atoms in total. The molecule has 3 aromatic rings. The van der Waals surface area contributed by atoms with Crippen molar-refractivity contribution in [3.8, 4) is 11.6 Å². The predicted molar refractivity (Wildman–Crippen MR) is 96.3 cm³/mol. The Hall–Kier alpha value is -3.22. The van der Waals surface area contributed by atoms with Gasteiger partial charge in [0.25, 0.3) is 0 Å². The van der Waals surface area contributed by atoms with E-state index in [1.54, 1.807) is 11.0 Å². The zero-order chi connectivity index (χ0) is 17.8. The molecule has 0 aliphatic rings. The van der Waals surface area contributed by atoms with Crippen molar-refractivity contribution in [3.05, 3.63) is 58.9 Å². The molecule has 0 radical (unpaired) electrons. The lowest BCUT2D eigenvalue weighted by Gasteiger charge is -2.19. The quantitative estimate of drug-likeness (QED) is 0.495. The molecule has 0 unspecified atom stereocenters. The lowest BCUT2D eigenvalue weighted by molar-refractivity contribution is -0.385. The van der Waals surface area contributed by atoms with Gasteiger partial charge in [-0.25, -0.2) is 4.98 Å². The first-order valence-electron chi connectivity index (χ1n) is 8.05. The average molecular weight is 338 g/mol. The number of aromatic nitrogens is 2. The van der Waals surface area contributed by atoms with Gasteiger partial charge in [0, 0.05) is 13.1 Å². The molecule has 0 atom stereocenters. The SMILES string of the molecule is CCN(CC)c1ncnc(Oc2ccc3ccccc3c2)c1[N+](=O)[O-]. The molecule has 0 saturated heterocycles. The summed E-state index contributed by atoms with van der Waals surface area (Å²) in [5.74, 6) is 0.698. The van der Waals surface area contributed by atoms with E-state index in [-0.39, 0.29) is 17.4 Å². The van der Waals surface area contributed by atoms with E-state index in [4.69, 9.17) is 4.74 Å². The van der Waals surface area contributed by atoms with Gasteiger partial charge in [-0.3, -0.25) is 10.1 Å². The number of hydrogen-bond acceptors (Lipinski definition) is 6. The number of ether oxygens (including phenoxy) is 1. The summed E-state index contributed by atoms with van der Waals surface area (Å²) in [6.45, 7) is 5.03. The van der Waals surface area contributed by atoms with Gasteiger partial charge in [-0.05, 0) is 36.8 Å². The second kappa shape index (κ2) is 7.12. The summed E-state index contributed by atoms with van der Waals surface area (Å²) in [7, 11) is 0. The molecule has 0 N–H and O–H groups in total. The molecule has 3 rings (SSSR count). The molecular weight excluding hydrogens is 320 g/mol. The third-order valence-electron chi connectivity index (χ3n) is 3.95. The van der Waals surface area contributed by atoms with Gasteiger partial charge in [-0.2, -0.15) is 4.98 Å². The molecule has 0 amide bonds. The first kappa shape index (κ1) is 16.6. The molecule has 2 aromatic carbocycles. The van der Waals surface area contributed by atoms with Crippen LogP contribution < -0.4 is 9.64 Å². The fourth-order valence-corrected chi connectivity index (χ4v) is 2.69. The fourth-order valence-electron chi connectivity index (χ4n) is 2.69. The maximum absolute atomic E-state index is 11.6. The molecule has 0 bridgehead atoms. The summed E-state index contributed by atoms with van der Waals surface area (Å²) in [6, 6.07) is 13.3. The summed E-state index contributed by atoms with van der Waals surface area (Å²) in [5, 5.41) is 13.7. The van der Waals surface area contributed by atoms with E-state index in [0.29, 0.717) is 18.8 Å². The Morgan fingerprint density at radius 2 is 1.80 bits per heavy atom. The van der Waals surface area contributed by atoms with Crippen LogP contribution in [0.15, 0.2) is 48.8 Å². The summed E-state index contributed by atoms with van der Waals surface area (Å²) in [6.07, 6.45) is 1.29. The molecule has 1 aromatic heterocycles. The van der Waals surface area contributed by atoms with Gasteiger partial charge in [0.1, 0.15) is 12.1 Å². The Labute approximate surface area is 145 Å². The molecule has 0 aliphatic heterocycles. The van der Waals surface area contributed by atoms with Gasteiger partial charge in [-0.1, -0.05) is 30.3 Å². The number of anilines is 1. The van der Waals surface area contributed by atoms with E-state index < -0.39 is 4.92 Å². The van der Waals surface area contributed by atoms with Crippen molar-refractivity contribution < 1.29 is 9.66 Å². The standard InChI is InChI=1S/C18H18N4O3/c1-3-21(4-2)17-16(22(23)24)18(20-12-19-17)25-15-10-9-13-7-5-6-8-14(13)11-15/h5-12H,3-4H2,1-2H3. The molecule has 7 heteroatoms. The van der Waals surface area contributed by atoms with Crippen molar-refractivity contribution in [3.63, 3.8) is 0 Å². The molecule has 25 heavy (non-hydrogen) atoms. The van der Waals surface area contributed by atoms with Gasteiger partial charge in [0.15, 0.2) is 0 Å². The summed E-state index contributed by atoms with van der Waals surface area (Å²) < 4.78 is 5.74. The zero-order valence-electron chi connectivity index (χ0n) is 14.0. The lowest BCUT2D eigenvalue weighted by atomic mass is 10.1. The second-order valence-corrected chi connectivity index (χ2v) is 5.39. The predicted octanol–water partition coefficient (Wildman–Crippen LogP) is 4.18. The minimum absolute atomic E-state index is 0.0582. The highest BCUT2D eigenvalue weighted by molar-refractivity contribution is 5.83. The van der Waals surface area contributed by atoms with E-state index >= 15 is 0 Å². The van der Waals surface area contributed by atoms with Crippen LogP contribution in [0.5, 0.6) is 11.6 Å². The Balaban J connectivity index is 2.03. The van der Waals surface area contributed by atoms with E-state index in [1.807, 2.05) is 50.2 Å². The lowest BCUT2D eigenvalue weighted by Crippen LogP contribution is -2.24. The first-order chi connectivity index (χ1) is 12.1. The van der Waals surface area contributed by atoms with Gasteiger partial charge in [0.05, 0.1) is 4.92 Å². The monoisotopic (exact) mass is 338 g/mol. The largest absolute Gasteiger partial charge is 0.434 e. The molecular formula is C18H18N4O3. The normalized spacial score (nSPS) is 10.6. The Morgan fingerprint density at radius 1 is 1.08 bits per heavy atom. The maximum atomic E-state index is 11.6. The van der Waals surface area contributed by atoms with Gasteiger partial charge in [-0.15, -0.1) is 0 Å². The Morgan fingerprint density at radius 3 is 2.48 bits per heavy atom. The molecule has 0 aliphatic carbocycles. The summed E-state index contributed by atoms with van der Waals surface area (Å²) >= 11 is 0. The van der Waals surface area contributed by atoms with Gasteiger partial charge in [0.2, 0.25) is 5.82 Å². The van der Waals surface area contributed by atoms with Crippen molar-refractivity contribution in [2.24, 2.45) is 0 Å². The van der Waals surface area contributed by atoms with Crippen molar-refractivity contribution in [2.45, 2.75) is 13.8 Å². The molecule has 0 spiro atoms. The first-order valence-corrected chi connectivity index (χ1v) is 8.05. The Kier molecular flexibility index (Phi) is 4.74. The topological polar surface area (TPSA) is 81.4 Å². The van der Waals surface area contributed by atoms with Crippen LogP contribution in [0.4, 0.5) is 11.5 Å². The van der Waals surface area contributed by atoms with E-state index in [1.165, 1.54) is 6.33 Å². The van der Waals surface area contributed by atoms with Crippen LogP contribution in [-0.4, -0.2) is 28.0 Å². The van der Waals surface area contributed by atoms with Crippen LogP contribution in [0, 0.1) is 10.1 Å². The number of rotatable bonds is 6. The maximum Gasteiger partial charge on any atom is 0.373 e. The third-order valence-corrected chi connectivity index (χ3v) is 3.95. The highest BCUT2D eigenvalue weighted by atomic mass is 16.6. The fraction of sp³-hybridized carbons (Fsp3) is 0.222. The second-order valence-electron chi connectivity index (χ2n) is 5.39. The minimum atomic E-state index is -0.496. The van der Waals surface area contributed by atoms with Crippen molar-refractivity contribution in [1.29, 1.82) is 0 Å². The minimum Gasteiger partial charge on any atom is -0.434 e. The number of hydrogen-bond donors (Lipinski definition) is 0. The van der Waals surface area contributed by atoms with Crippen LogP contribution in [0.2, 0.25) is 0 Å². The van der Waals surface area contributed by atoms with Crippen molar-refractivity contribution >= 4 is 22.3 Å². The average Bonchev–Trinajstić information content (AvgIpc) is 2.62. The highest BCUT2D eigenvalue weighted by Crippen LogP contribution is 2.36. The summed E-state index contributed by atoms with van der Waals surface area (Å²) in [4.78, 5) is 21.0. The van der Waals surface area contributed by atoms with Crippen LogP contribution in [0.25, 0.3) is 10.8 Å². The van der Waals surface area contributed by atoms with E-state index in [0.717, 1.165) is 10.8 Å². The summed E-state index contributed by atoms with van der Waals surface area (Å²) in [5.41, 5.74) is -0.223. The van der Waals surface area contributed by atoms with Crippen LogP contribution in [0.3, 0.4) is 0 Å². The van der Waals surface area contributed by atoms with E-state index in [2.05, 4.69) is 9.97 Å². The third kappa shape index (κ3) is 3.35. The molecule has 1 heterocycles. The number of nitrogens with zero attached hydrogens (tertiary/aromatic N) is 4. The number of nitro groups is 1. The molecule has 128 valence electrons.